The van der Waals surface area contributed by atoms with Crippen molar-refractivity contribution >= 4 is 11.6 Å². The van der Waals surface area contributed by atoms with Crippen LogP contribution in [0.2, 0.25) is 0 Å². The average Bonchev–Trinajstić information content (AvgIpc) is 2.53. The van der Waals surface area contributed by atoms with Gasteiger partial charge in [0.15, 0.2) is 0 Å². The van der Waals surface area contributed by atoms with Crippen LogP contribution in [-0.2, 0) is 6.42 Å². The summed E-state index contributed by atoms with van der Waals surface area (Å²) < 4.78 is 0. The summed E-state index contributed by atoms with van der Waals surface area (Å²) >= 11 is 0. The van der Waals surface area contributed by atoms with E-state index >= 15 is 0 Å². The zero-order valence-electron chi connectivity index (χ0n) is 13.0. The van der Waals surface area contributed by atoms with Gasteiger partial charge in [-0.05, 0) is 48.7 Å². The minimum Gasteiger partial charge on any atom is -0.508 e. The van der Waals surface area contributed by atoms with E-state index in [1.165, 1.54) is 0 Å². The Morgan fingerprint density at radius 2 is 1.86 bits per heavy atom. The molecule has 0 aliphatic carbocycles. The topological polar surface area (TPSA) is 52.6 Å². The molecule has 2 N–H and O–H groups in total. The third-order valence-corrected chi connectivity index (χ3v) is 3.49. The maximum Gasteiger partial charge on any atom is 0.251 e. The van der Waals surface area contributed by atoms with Gasteiger partial charge in [-0.2, -0.15) is 0 Å². The number of aryl methyl sites for hydroxylation is 1. The van der Waals surface area contributed by atoms with Crippen LogP contribution in [0.1, 0.15) is 22.3 Å². The first-order chi connectivity index (χ1) is 10.6. The number of hydrogen-bond donors (Lipinski definition) is 2. The molecule has 0 unspecified atom stereocenters. The quantitative estimate of drug-likeness (QED) is 0.806. The fourth-order valence-corrected chi connectivity index (χ4v) is 2.18. The molecule has 4 heteroatoms. The zero-order chi connectivity index (χ0) is 15.9. The van der Waals surface area contributed by atoms with Gasteiger partial charge in [-0.25, -0.2) is 0 Å². The first-order valence-electron chi connectivity index (χ1n) is 7.40. The van der Waals surface area contributed by atoms with Gasteiger partial charge in [-0.3, -0.25) is 4.79 Å². The second-order valence-corrected chi connectivity index (χ2v) is 5.47. The Bertz CT molecular complexity index is 621. The Labute approximate surface area is 131 Å². The number of aromatic hydroxyl groups is 1. The molecule has 0 saturated carbocycles. The number of benzene rings is 2. The summed E-state index contributed by atoms with van der Waals surface area (Å²) in [6.07, 6.45) is 1.74. The van der Waals surface area contributed by atoms with Crippen LogP contribution in [0.5, 0.6) is 5.75 Å². The van der Waals surface area contributed by atoms with Crippen molar-refractivity contribution in [3.05, 3.63) is 59.7 Å². The molecule has 0 aromatic heterocycles. The molecule has 0 saturated heterocycles. The van der Waals surface area contributed by atoms with Gasteiger partial charge in [0.2, 0.25) is 0 Å². The molecule has 2 rings (SSSR count). The van der Waals surface area contributed by atoms with Gasteiger partial charge in [-0.1, -0.05) is 18.2 Å². The largest absolute Gasteiger partial charge is 0.508 e. The van der Waals surface area contributed by atoms with E-state index in [0.717, 1.165) is 24.1 Å². The molecule has 0 radical (unpaired) electrons. The second-order valence-electron chi connectivity index (χ2n) is 5.47. The van der Waals surface area contributed by atoms with Gasteiger partial charge < -0.3 is 15.3 Å². The number of nitrogens with zero attached hydrogens (tertiary/aromatic N) is 1. The number of carbonyl (C=O) groups is 1. The summed E-state index contributed by atoms with van der Waals surface area (Å²) in [7, 11) is 3.91. The average molecular weight is 298 g/mol. The number of rotatable bonds is 6. The minimum atomic E-state index is -0.0468. The van der Waals surface area contributed by atoms with E-state index in [1.807, 2.05) is 55.4 Å². The summed E-state index contributed by atoms with van der Waals surface area (Å²) in [6, 6.07) is 14.7. The fraction of sp³-hybridized carbons (Fsp3) is 0.278. The van der Waals surface area contributed by atoms with Gasteiger partial charge in [0.05, 0.1) is 0 Å². The van der Waals surface area contributed by atoms with Crippen LogP contribution in [0.25, 0.3) is 0 Å². The molecule has 2 aromatic carbocycles. The summed E-state index contributed by atoms with van der Waals surface area (Å²) in [6.45, 7) is 0.631. The van der Waals surface area contributed by atoms with Crippen LogP contribution in [0.3, 0.4) is 0 Å². The second kappa shape index (κ2) is 7.50. The van der Waals surface area contributed by atoms with E-state index < -0.39 is 0 Å². The van der Waals surface area contributed by atoms with Gasteiger partial charge in [-0.15, -0.1) is 0 Å². The molecular weight excluding hydrogens is 276 g/mol. The molecule has 4 nitrogen and oxygen atoms in total. The van der Waals surface area contributed by atoms with Crippen molar-refractivity contribution in [2.45, 2.75) is 12.8 Å². The molecular formula is C18H22N2O2. The van der Waals surface area contributed by atoms with E-state index in [1.54, 1.807) is 12.1 Å². The van der Waals surface area contributed by atoms with Crippen LogP contribution in [-0.4, -0.2) is 31.7 Å². The predicted molar refractivity (Wildman–Crippen MR) is 89.5 cm³/mol. The Morgan fingerprint density at radius 3 is 2.55 bits per heavy atom. The number of amides is 1. The molecule has 2 aromatic rings. The lowest BCUT2D eigenvalue weighted by molar-refractivity contribution is 0.0953. The molecule has 0 heterocycles. The Kier molecular flexibility index (Phi) is 5.42. The van der Waals surface area contributed by atoms with Crippen molar-refractivity contribution in [3.8, 4) is 5.75 Å². The van der Waals surface area contributed by atoms with Crippen LogP contribution in [0.15, 0.2) is 48.5 Å². The van der Waals surface area contributed by atoms with E-state index in [-0.39, 0.29) is 11.7 Å². The molecule has 0 aliphatic heterocycles. The van der Waals surface area contributed by atoms with E-state index in [4.69, 9.17) is 0 Å². The lowest BCUT2D eigenvalue weighted by Crippen LogP contribution is -2.25. The van der Waals surface area contributed by atoms with Gasteiger partial charge in [0.25, 0.3) is 5.91 Å². The highest BCUT2D eigenvalue weighted by molar-refractivity contribution is 5.95. The number of phenols is 1. The summed E-state index contributed by atoms with van der Waals surface area (Å²) in [4.78, 5) is 14.1. The molecule has 22 heavy (non-hydrogen) atoms. The van der Waals surface area contributed by atoms with Crippen molar-refractivity contribution in [1.29, 1.82) is 0 Å². The lowest BCUT2D eigenvalue weighted by atomic mass is 10.1. The summed E-state index contributed by atoms with van der Waals surface area (Å²) in [5.41, 5.74) is 2.84. The number of nitrogens with one attached hydrogen (secondary N) is 1. The molecule has 0 fully saturated rings. The minimum absolute atomic E-state index is 0.0468. The molecule has 116 valence electrons. The Morgan fingerprint density at radius 1 is 1.14 bits per heavy atom. The number of hydrogen-bond acceptors (Lipinski definition) is 3. The Balaban J connectivity index is 1.80. The van der Waals surface area contributed by atoms with E-state index in [9.17, 15) is 9.90 Å². The normalized spacial score (nSPS) is 10.3. The van der Waals surface area contributed by atoms with Gasteiger partial charge in [0.1, 0.15) is 5.75 Å². The monoisotopic (exact) mass is 298 g/mol. The maximum absolute atomic E-state index is 12.1. The smallest absolute Gasteiger partial charge is 0.251 e. The third kappa shape index (κ3) is 4.52. The lowest BCUT2D eigenvalue weighted by Gasteiger charge is -2.13. The van der Waals surface area contributed by atoms with Crippen LogP contribution >= 0.6 is 0 Å². The van der Waals surface area contributed by atoms with Crippen molar-refractivity contribution in [2.24, 2.45) is 0 Å². The molecule has 1 amide bonds. The maximum atomic E-state index is 12.1. The summed E-state index contributed by atoms with van der Waals surface area (Å²) in [5.74, 6) is 0.229. The highest BCUT2D eigenvalue weighted by Gasteiger charge is 2.06. The van der Waals surface area contributed by atoms with Crippen LogP contribution < -0.4 is 10.2 Å². The van der Waals surface area contributed by atoms with Crippen LogP contribution in [0, 0.1) is 0 Å². The first kappa shape index (κ1) is 15.9. The molecule has 0 aliphatic rings. The summed E-state index contributed by atoms with van der Waals surface area (Å²) in [5, 5.41) is 12.2. The van der Waals surface area contributed by atoms with Crippen molar-refractivity contribution in [2.75, 3.05) is 25.5 Å². The number of carbonyl (C=O) groups excluding carboxylic acids is 1. The SMILES string of the molecule is CN(C)c1cccc(C(=O)NCCCc2ccc(O)cc2)c1. The van der Waals surface area contributed by atoms with E-state index in [0.29, 0.717) is 12.1 Å². The number of phenolic OH excluding ortho intramolecular Hbond substituents is 1. The Hall–Kier alpha value is -2.49. The van der Waals surface area contributed by atoms with Gasteiger partial charge in [0, 0.05) is 31.9 Å². The first-order valence-corrected chi connectivity index (χ1v) is 7.40. The third-order valence-electron chi connectivity index (χ3n) is 3.49. The predicted octanol–water partition coefficient (Wildman–Crippen LogP) is 2.82. The molecule has 0 bridgehead atoms. The van der Waals surface area contributed by atoms with Crippen molar-refractivity contribution < 1.29 is 9.90 Å². The van der Waals surface area contributed by atoms with Crippen molar-refractivity contribution in [1.82, 2.24) is 5.32 Å². The highest BCUT2D eigenvalue weighted by Crippen LogP contribution is 2.13. The molecule has 0 atom stereocenters. The fourth-order valence-electron chi connectivity index (χ4n) is 2.18. The standard InChI is InChI=1S/C18H22N2O2/c1-20(2)16-7-3-6-15(13-16)18(22)19-12-4-5-14-8-10-17(21)11-9-14/h3,6-11,13,21H,4-5,12H2,1-2H3,(H,19,22). The molecule has 0 spiro atoms. The van der Waals surface area contributed by atoms with E-state index in [2.05, 4.69) is 5.32 Å². The zero-order valence-corrected chi connectivity index (χ0v) is 13.0. The highest BCUT2D eigenvalue weighted by atomic mass is 16.3. The van der Waals surface area contributed by atoms with Crippen molar-refractivity contribution in [3.63, 3.8) is 0 Å². The number of anilines is 1. The van der Waals surface area contributed by atoms with Crippen LogP contribution in [0.4, 0.5) is 5.69 Å². The van der Waals surface area contributed by atoms with Gasteiger partial charge >= 0.3 is 0 Å².